The van der Waals surface area contributed by atoms with Crippen molar-refractivity contribution in [2.75, 3.05) is 25.5 Å². The van der Waals surface area contributed by atoms with Crippen LogP contribution in [0.5, 0.6) is 0 Å². The highest BCUT2D eigenvalue weighted by molar-refractivity contribution is 5.90. The topological polar surface area (TPSA) is 83.2 Å². The Labute approximate surface area is 157 Å². The van der Waals surface area contributed by atoms with E-state index in [0.29, 0.717) is 25.1 Å². The normalized spacial score (nSPS) is 10.6. The van der Waals surface area contributed by atoms with Crippen LogP contribution in [0.3, 0.4) is 0 Å². The summed E-state index contributed by atoms with van der Waals surface area (Å²) in [5.41, 5.74) is 3.57. The molecule has 6 nitrogen and oxygen atoms in total. The van der Waals surface area contributed by atoms with Crippen LogP contribution in [0.2, 0.25) is 0 Å². The molecule has 0 fully saturated rings. The predicted molar refractivity (Wildman–Crippen MR) is 106 cm³/mol. The van der Waals surface area contributed by atoms with Gasteiger partial charge < -0.3 is 20.4 Å². The number of H-pyrrole nitrogens is 1. The van der Waals surface area contributed by atoms with Gasteiger partial charge in [-0.05, 0) is 36.2 Å². The first-order chi connectivity index (χ1) is 13.2. The number of carbonyl (C=O) groups excluding carboxylic acids is 2. The van der Waals surface area contributed by atoms with Crippen molar-refractivity contribution < 1.29 is 14.3 Å². The number of benzene rings is 2. The molecule has 0 unspecified atom stereocenters. The highest BCUT2D eigenvalue weighted by Gasteiger charge is 2.07. The third-order valence-corrected chi connectivity index (χ3v) is 4.36. The van der Waals surface area contributed by atoms with E-state index in [-0.39, 0.29) is 11.9 Å². The quantitative estimate of drug-likeness (QED) is 0.536. The fourth-order valence-electron chi connectivity index (χ4n) is 2.96. The van der Waals surface area contributed by atoms with Crippen molar-refractivity contribution in [2.24, 2.45) is 0 Å². The number of amides is 1. The summed E-state index contributed by atoms with van der Waals surface area (Å²) >= 11 is 0. The molecule has 2 aromatic carbocycles. The van der Waals surface area contributed by atoms with Gasteiger partial charge >= 0.3 is 5.97 Å². The van der Waals surface area contributed by atoms with E-state index in [0.717, 1.165) is 17.6 Å². The number of aromatic amines is 1. The first-order valence-corrected chi connectivity index (χ1v) is 8.91. The van der Waals surface area contributed by atoms with Crippen molar-refractivity contribution in [1.82, 2.24) is 10.3 Å². The molecule has 27 heavy (non-hydrogen) atoms. The summed E-state index contributed by atoms with van der Waals surface area (Å²) in [6.45, 7) is 1.09. The Morgan fingerprint density at radius 1 is 1.07 bits per heavy atom. The van der Waals surface area contributed by atoms with Gasteiger partial charge in [-0.2, -0.15) is 0 Å². The SMILES string of the molecule is COC(=O)c1cccc(NCCC(=O)NCCc2c[nH]c3ccccc23)c1. The van der Waals surface area contributed by atoms with Gasteiger partial charge in [-0.25, -0.2) is 4.79 Å². The number of methoxy groups -OCH3 is 1. The molecule has 0 bridgehead atoms. The molecule has 140 valence electrons. The molecule has 0 radical (unpaired) electrons. The van der Waals surface area contributed by atoms with Crippen LogP contribution in [0.25, 0.3) is 10.9 Å². The summed E-state index contributed by atoms with van der Waals surface area (Å²) < 4.78 is 4.70. The molecule has 3 rings (SSSR count). The van der Waals surface area contributed by atoms with E-state index in [1.165, 1.54) is 18.1 Å². The molecule has 0 saturated carbocycles. The number of carbonyl (C=O) groups is 2. The number of anilines is 1. The minimum Gasteiger partial charge on any atom is -0.465 e. The van der Waals surface area contributed by atoms with Crippen LogP contribution in [0.4, 0.5) is 5.69 Å². The number of esters is 1. The Morgan fingerprint density at radius 2 is 1.93 bits per heavy atom. The highest BCUT2D eigenvalue weighted by atomic mass is 16.5. The van der Waals surface area contributed by atoms with Crippen LogP contribution >= 0.6 is 0 Å². The van der Waals surface area contributed by atoms with Crippen LogP contribution in [0, 0.1) is 0 Å². The van der Waals surface area contributed by atoms with E-state index in [1.807, 2.05) is 30.5 Å². The first kappa shape index (κ1) is 18.5. The van der Waals surface area contributed by atoms with Crippen LogP contribution in [0.1, 0.15) is 22.3 Å². The Hall–Kier alpha value is -3.28. The van der Waals surface area contributed by atoms with E-state index in [9.17, 15) is 9.59 Å². The number of hydrogen-bond acceptors (Lipinski definition) is 4. The average molecular weight is 365 g/mol. The van der Waals surface area contributed by atoms with Crippen LogP contribution in [0.15, 0.2) is 54.7 Å². The molecule has 3 aromatic rings. The van der Waals surface area contributed by atoms with E-state index in [2.05, 4.69) is 21.7 Å². The first-order valence-electron chi connectivity index (χ1n) is 8.91. The summed E-state index contributed by atoms with van der Waals surface area (Å²) in [6.07, 6.45) is 3.13. The Balaban J connectivity index is 1.40. The molecule has 3 N–H and O–H groups in total. The average Bonchev–Trinajstić information content (AvgIpc) is 3.11. The largest absolute Gasteiger partial charge is 0.465 e. The lowest BCUT2D eigenvalue weighted by atomic mass is 10.1. The number of para-hydroxylation sites is 1. The van der Waals surface area contributed by atoms with Crippen molar-refractivity contribution in [3.05, 3.63) is 65.9 Å². The number of fused-ring (bicyclic) bond motifs is 1. The molecule has 0 aliphatic rings. The van der Waals surface area contributed by atoms with Crippen molar-refractivity contribution in [3.63, 3.8) is 0 Å². The Bertz CT molecular complexity index is 933. The number of aromatic nitrogens is 1. The van der Waals surface area contributed by atoms with E-state index in [1.54, 1.807) is 18.2 Å². The van der Waals surface area contributed by atoms with Gasteiger partial charge in [-0.1, -0.05) is 24.3 Å². The van der Waals surface area contributed by atoms with Crippen molar-refractivity contribution >= 4 is 28.5 Å². The number of nitrogens with one attached hydrogen (secondary N) is 3. The second-order valence-electron chi connectivity index (χ2n) is 6.21. The molecule has 1 heterocycles. The van der Waals surface area contributed by atoms with Gasteiger partial charge in [-0.3, -0.25) is 4.79 Å². The van der Waals surface area contributed by atoms with E-state index in [4.69, 9.17) is 4.74 Å². The summed E-state index contributed by atoms with van der Waals surface area (Å²) in [5, 5.41) is 7.29. The van der Waals surface area contributed by atoms with Crippen LogP contribution < -0.4 is 10.6 Å². The fourth-order valence-corrected chi connectivity index (χ4v) is 2.96. The number of ether oxygens (including phenoxy) is 1. The maximum absolute atomic E-state index is 12.0. The zero-order chi connectivity index (χ0) is 19.1. The summed E-state index contributed by atoms with van der Waals surface area (Å²) in [6, 6.07) is 15.2. The Kier molecular flexibility index (Phi) is 6.10. The third-order valence-electron chi connectivity index (χ3n) is 4.36. The lowest BCUT2D eigenvalue weighted by molar-refractivity contribution is -0.120. The minimum atomic E-state index is -0.381. The van der Waals surface area contributed by atoms with Gasteiger partial charge in [0.05, 0.1) is 12.7 Å². The Morgan fingerprint density at radius 3 is 2.78 bits per heavy atom. The lowest BCUT2D eigenvalue weighted by Gasteiger charge is -2.08. The molecular weight excluding hydrogens is 342 g/mol. The van der Waals surface area contributed by atoms with Gasteiger partial charge in [-0.15, -0.1) is 0 Å². The molecule has 0 saturated heterocycles. The number of rotatable bonds is 8. The molecule has 1 amide bonds. The highest BCUT2D eigenvalue weighted by Crippen LogP contribution is 2.17. The number of hydrogen-bond donors (Lipinski definition) is 3. The van der Waals surface area contributed by atoms with Gasteiger partial charge in [0.25, 0.3) is 0 Å². The molecule has 1 aromatic heterocycles. The monoisotopic (exact) mass is 365 g/mol. The van der Waals surface area contributed by atoms with E-state index < -0.39 is 0 Å². The van der Waals surface area contributed by atoms with E-state index >= 15 is 0 Å². The fraction of sp³-hybridized carbons (Fsp3) is 0.238. The molecule has 0 aliphatic heterocycles. The van der Waals surface area contributed by atoms with Crippen molar-refractivity contribution in [3.8, 4) is 0 Å². The molecule has 0 aliphatic carbocycles. The maximum atomic E-state index is 12.0. The zero-order valence-electron chi connectivity index (χ0n) is 15.2. The van der Waals surface area contributed by atoms with Gasteiger partial charge in [0.2, 0.25) is 5.91 Å². The van der Waals surface area contributed by atoms with Crippen molar-refractivity contribution in [2.45, 2.75) is 12.8 Å². The minimum absolute atomic E-state index is 0.00790. The second kappa shape index (κ2) is 8.89. The molecule has 0 spiro atoms. The van der Waals surface area contributed by atoms with Crippen LogP contribution in [-0.2, 0) is 16.0 Å². The summed E-state index contributed by atoms with van der Waals surface area (Å²) in [5.74, 6) is -0.389. The van der Waals surface area contributed by atoms with Crippen molar-refractivity contribution in [1.29, 1.82) is 0 Å². The van der Waals surface area contributed by atoms with Crippen LogP contribution in [-0.4, -0.2) is 37.1 Å². The zero-order valence-corrected chi connectivity index (χ0v) is 15.2. The molecule has 0 atom stereocenters. The smallest absolute Gasteiger partial charge is 0.337 e. The summed E-state index contributed by atoms with van der Waals surface area (Å²) in [4.78, 5) is 26.8. The lowest BCUT2D eigenvalue weighted by Crippen LogP contribution is -2.27. The summed E-state index contributed by atoms with van der Waals surface area (Å²) in [7, 11) is 1.35. The molecular formula is C21H23N3O3. The molecule has 6 heteroatoms. The second-order valence-corrected chi connectivity index (χ2v) is 6.21. The maximum Gasteiger partial charge on any atom is 0.337 e. The van der Waals surface area contributed by atoms with Gasteiger partial charge in [0, 0.05) is 42.3 Å². The van der Waals surface area contributed by atoms with Gasteiger partial charge in [0.15, 0.2) is 0 Å². The third kappa shape index (κ3) is 4.88. The predicted octanol–water partition coefficient (Wildman–Crippen LogP) is 3.12. The van der Waals surface area contributed by atoms with Gasteiger partial charge in [0.1, 0.15) is 0 Å². The standard InChI is InChI=1S/C21H23N3O3/c1-27-21(26)15-5-4-6-17(13-15)22-12-10-20(25)23-11-9-16-14-24-19-8-3-2-7-18(16)19/h2-8,13-14,22,24H,9-12H2,1H3,(H,23,25).